The van der Waals surface area contributed by atoms with Crippen molar-refractivity contribution >= 4 is 34.1 Å². The van der Waals surface area contributed by atoms with Crippen molar-refractivity contribution in [1.29, 1.82) is 0 Å². The summed E-state index contributed by atoms with van der Waals surface area (Å²) in [5.41, 5.74) is 1.90. The van der Waals surface area contributed by atoms with Crippen molar-refractivity contribution in [2.75, 3.05) is 18.5 Å². The van der Waals surface area contributed by atoms with Gasteiger partial charge in [0.1, 0.15) is 17.8 Å². The second-order valence-corrected chi connectivity index (χ2v) is 7.96. The lowest BCUT2D eigenvalue weighted by atomic mass is 10.2. The highest BCUT2D eigenvalue weighted by Gasteiger charge is 2.36. The third-order valence-corrected chi connectivity index (χ3v) is 6.26. The predicted octanol–water partition coefficient (Wildman–Crippen LogP) is 3.46. The number of aromatic amines is 1. The van der Waals surface area contributed by atoms with Gasteiger partial charge in [-0.2, -0.15) is 0 Å². The maximum atomic E-state index is 13.1. The molecular weight excluding hydrogens is 346 g/mol. The smallest absolute Gasteiger partial charge is 0.264 e. The van der Waals surface area contributed by atoms with Gasteiger partial charge in [0.25, 0.3) is 5.91 Å². The number of H-pyrrole nitrogens is 1. The third-order valence-electron chi connectivity index (χ3n) is 5.26. The molecule has 26 heavy (non-hydrogen) atoms. The van der Waals surface area contributed by atoms with E-state index in [2.05, 4.69) is 31.7 Å². The van der Waals surface area contributed by atoms with E-state index >= 15 is 0 Å². The first kappa shape index (κ1) is 17.0. The van der Waals surface area contributed by atoms with Crippen LogP contribution in [0.5, 0.6) is 0 Å². The standard InChI is InChI=1S/C19H23N5OS/c1-12-7-9-26-16(12)19(25)24-13(2)4-5-14(24)10-23(3)18-15-6-8-20-17(15)21-11-22-18/h6-9,11,13-14H,4-5,10H2,1-3H3,(H,20,21,22)/t13-,14+/m0/s1. The molecule has 0 aromatic carbocycles. The number of likely N-dealkylation sites (N-methyl/N-ethyl adjacent to an activating group) is 1. The number of hydrogen-bond acceptors (Lipinski definition) is 5. The lowest BCUT2D eigenvalue weighted by Crippen LogP contribution is -2.45. The van der Waals surface area contributed by atoms with E-state index < -0.39 is 0 Å². The van der Waals surface area contributed by atoms with Crippen LogP contribution in [0, 0.1) is 6.92 Å². The summed E-state index contributed by atoms with van der Waals surface area (Å²) in [5.74, 6) is 1.06. The van der Waals surface area contributed by atoms with Crippen LogP contribution >= 0.6 is 11.3 Å². The van der Waals surface area contributed by atoms with Crippen LogP contribution in [0.2, 0.25) is 0 Å². The summed E-state index contributed by atoms with van der Waals surface area (Å²) >= 11 is 1.54. The van der Waals surface area contributed by atoms with Crippen LogP contribution in [0.4, 0.5) is 5.82 Å². The average molecular weight is 369 g/mol. The molecule has 4 rings (SSSR count). The molecule has 0 bridgehead atoms. The highest BCUT2D eigenvalue weighted by Crippen LogP contribution is 2.30. The number of carbonyl (C=O) groups excluding carboxylic acids is 1. The largest absolute Gasteiger partial charge is 0.357 e. The minimum Gasteiger partial charge on any atom is -0.357 e. The Balaban J connectivity index is 1.57. The molecule has 3 aromatic rings. The number of rotatable bonds is 4. The SMILES string of the molecule is Cc1ccsc1C(=O)N1[C@@H](CN(C)c2ncnc3[nH]ccc23)CC[C@@H]1C. The van der Waals surface area contributed by atoms with Gasteiger partial charge in [0.15, 0.2) is 0 Å². The normalized spacial score (nSPS) is 20.0. The van der Waals surface area contributed by atoms with Gasteiger partial charge in [-0.15, -0.1) is 11.3 Å². The maximum Gasteiger partial charge on any atom is 0.264 e. The Hall–Kier alpha value is -2.41. The van der Waals surface area contributed by atoms with Crippen molar-refractivity contribution < 1.29 is 4.79 Å². The molecule has 3 aromatic heterocycles. The minimum atomic E-state index is 0.162. The molecule has 0 spiro atoms. The Kier molecular flexibility index (Phi) is 4.40. The summed E-state index contributed by atoms with van der Waals surface area (Å²) < 4.78 is 0. The maximum absolute atomic E-state index is 13.1. The Morgan fingerprint density at radius 3 is 3.00 bits per heavy atom. The van der Waals surface area contributed by atoms with E-state index in [4.69, 9.17) is 0 Å². The summed E-state index contributed by atoms with van der Waals surface area (Å²) in [6.07, 6.45) is 5.52. The molecule has 4 heterocycles. The fraction of sp³-hybridized carbons (Fsp3) is 0.421. The molecule has 0 radical (unpaired) electrons. The van der Waals surface area contributed by atoms with Crippen molar-refractivity contribution in [1.82, 2.24) is 19.9 Å². The van der Waals surface area contributed by atoms with Crippen LogP contribution in [0.15, 0.2) is 30.0 Å². The number of carbonyl (C=O) groups is 1. The van der Waals surface area contributed by atoms with Crippen molar-refractivity contribution in [3.05, 3.63) is 40.5 Å². The first-order valence-corrected chi connectivity index (χ1v) is 9.80. The van der Waals surface area contributed by atoms with Crippen LogP contribution in [0.1, 0.15) is 35.0 Å². The molecule has 7 heteroatoms. The lowest BCUT2D eigenvalue weighted by Gasteiger charge is -2.32. The molecule has 1 aliphatic heterocycles. The second kappa shape index (κ2) is 6.72. The Bertz CT molecular complexity index is 933. The molecular formula is C19H23N5OS. The van der Waals surface area contributed by atoms with Crippen LogP contribution in [-0.4, -0.2) is 51.4 Å². The molecule has 6 nitrogen and oxygen atoms in total. The summed E-state index contributed by atoms with van der Waals surface area (Å²) in [6.45, 7) is 4.92. The number of thiophene rings is 1. The van der Waals surface area contributed by atoms with E-state index in [1.165, 1.54) is 11.3 Å². The molecule has 136 valence electrons. The molecule has 0 unspecified atom stereocenters. The van der Waals surface area contributed by atoms with E-state index in [0.29, 0.717) is 0 Å². The predicted molar refractivity (Wildman–Crippen MR) is 105 cm³/mol. The number of nitrogens with one attached hydrogen (secondary N) is 1. The first-order valence-electron chi connectivity index (χ1n) is 8.92. The van der Waals surface area contributed by atoms with Gasteiger partial charge in [-0.05, 0) is 49.8 Å². The molecule has 1 amide bonds. The molecule has 1 fully saturated rings. The number of likely N-dealkylation sites (tertiary alicyclic amines) is 1. The Morgan fingerprint density at radius 2 is 2.23 bits per heavy atom. The number of amides is 1. The van der Waals surface area contributed by atoms with Gasteiger partial charge in [0, 0.05) is 31.9 Å². The zero-order valence-corrected chi connectivity index (χ0v) is 16.1. The number of aryl methyl sites for hydroxylation is 1. The molecule has 2 atom stereocenters. The average Bonchev–Trinajstić information content (AvgIpc) is 3.34. The van der Waals surface area contributed by atoms with Gasteiger partial charge in [-0.25, -0.2) is 9.97 Å². The third kappa shape index (κ3) is 2.86. The van der Waals surface area contributed by atoms with E-state index in [9.17, 15) is 4.79 Å². The molecule has 0 saturated carbocycles. The highest BCUT2D eigenvalue weighted by molar-refractivity contribution is 7.12. The van der Waals surface area contributed by atoms with E-state index in [-0.39, 0.29) is 18.0 Å². The van der Waals surface area contributed by atoms with Crippen LogP contribution in [0.3, 0.4) is 0 Å². The van der Waals surface area contributed by atoms with Gasteiger partial charge in [-0.1, -0.05) is 0 Å². The zero-order valence-electron chi connectivity index (χ0n) is 15.3. The minimum absolute atomic E-state index is 0.162. The molecule has 0 aliphatic carbocycles. The summed E-state index contributed by atoms with van der Waals surface area (Å²) in [6, 6.07) is 4.47. The molecule has 1 N–H and O–H groups in total. The van der Waals surface area contributed by atoms with Gasteiger partial charge in [0.05, 0.1) is 10.3 Å². The van der Waals surface area contributed by atoms with Gasteiger partial charge >= 0.3 is 0 Å². The van der Waals surface area contributed by atoms with Gasteiger partial charge in [0.2, 0.25) is 0 Å². The van der Waals surface area contributed by atoms with Crippen LogP contribution < -0.4 is 4.90 Å². The molecule has 1 saturated heterocycles. The summed E-state index contributed by atoms with van der Waals surface area (Å²) in [5, 5.41) is 3.00. The number of nitrogens with zero attached hydrogens (tertiary/aromatic N) is 4. The van der Waals surface area contributed by atoms with Gasteiger partial charge < -0.3 is 14.8 Å². The van der Waals surface area contributed by atoms with Crippen molar-refractivity contribution in [2.24, 2.45) is 0 Å². The van der Waals surface area contributed by atoms with Crippen LogP contribution in [0.25, 0.3) is 11.0 Å². The highest BCUT2D eigenvalue weighted by atomic mass is 32.1. The number of hydrogen-bond donors (Lipinski definition) is 1. The lowest BCUT2D eigenvalue weighted by molar-refractivity contribution is 0.0689. The quantitative estimate of drug-likeness (QED) is 0.765. The van der Waals surface area contributed by atoms with Gasteiger partial charge in [-0.3, -0.25) is 4.79 Å². The number of aromatic nitrogens is 3. The first-order chi connectivity index (χ1) is 12.6. The van der Waals surface area contributed by atoms with E-state index in [1.54, 1.807) is 6.33 Å². The number of anilines is 1. The second-order valence-electron chi connectivity index (χ2n) is 7.04. The monoisotopic (exact) mass is 369 g/mol. The van der Waals surface area contributed by atoms with E-state index in [0.717, 1.165) is 46.7 Å². The fourth-order valence-corrected chi connectivity index (χ4v) is 4.76. The van der Waals surface area contributed by atoms with Crippen molar-refractivity contribution in [3.8, 4) is 0 Å². The zero-order chi connectivity index (χ0) is 18.3. The van der Waals surface area contributed by atoms with E-state index in [1.807, 2.05) is 37.7 Å². The fourth-order valence-electron chi connectivity index (χ4n) is 3.89. The van der Waals surface area contributed by atoms with Crippen molar-refractivity contribution in [2.45, 2.75) is 38.8 Å². The topological polar surface area (TPSA) is 65.1 Å². The molecule has 1 aliphatic rings. The summed E-state index contributed by atoms with van der Waals surface area (Å²) in [7, 11) is 2.04. The van der Waals surface area contributed by atoms with Crippen LogP contribution in [-0.2, 0) is 0 Å². The Labute approximate surface area is 156 Å². The Morgan fingerprint density at radius 1 is 1.38 bits per heavy atom. The summed E-state index contributed by atoms with van der Waals surface area (Å²) in [4.78, 5) is 30.1. The van der Waals surface area contributed by atoms with Crippen molar-refractivity contribution in [3.63, 3.8) is 0 Å². The number of fused-ring (bicyclic) bond motifs is 1.